The number of nitrogens with two attached hydrogens (primary N) is 1. The quantitative estimate of drug-likeness (QED) is 0.789. The first-order chi connectivity index (χ1) is 10.4. The largest absolute Gasteiger partial charge is 0.481 e. The van der Waals surface area contributed by atoms with E-state index >= 15 is 0 Å². The van der Waals surface area contributed by atoms with Crippen molar-refractivity contribution in [2.75, 3.05) is 5.32 Å². The lowest BCUT2D eigenvalue weighted by Crippen LogP contribution is -2.31. The summed E-state index contributed by atoms with van der Waals surface area (Å²) in [7, 11) is 0. The molecule has 0 saturated heterocycles. The molecular weight excluding hydrogens is 284 g/mol. The Hall–Kier alpha value is -2.37. The van der Waals surface area contributed by atoms with E-state index in [1.807, 2.05) is 0 Å². The average Bonchev–Trinajstić information content (AvgIpc) is 2.47. The van der Waals surface area contributed by atoms with Crippen LogP contribution < -0.4 is 11.1 Å². The fourth-order valence-corrected chi connectivity index (χ4v) is 2.91. The summed E-state index contributed by atoms with van der Waals surface area (Å²) in [6.07, 6.45) is 2.45. The minimum absolute atomic E-state index is 0.169. The van der Waals surface area contributed by atoms with E-state index in [1.165, 1.54) is 0 Å². The maximum Gasteiger partial charge on any atom is 0.306 e. The zero-order valence-corrected chi connectivity index (χ0v) is 12.5. The molecule has 0 aliphatic heterocycles. The molecule has 4 N–H and O–H groups in total. The number of hydrogen-bond donors (Lipinski definition) is 3. The van der Waals surface area contributed by atoms with Crippen molar-refractivity contribution in [1.29, 1.82) is 0 Å². The topological polar surface area (TPSA) is 109 Å². The van der Waals surface area contributed by atoms with E-state index in [-0.39, 0.29) is 11.8 Å². The number of hydrogen-bond acceptors (Lipinski definition) is 3. The number of nitrogens with one attached hydrogen (secondary N) is 1. The molecule has 0 heterocycles. The van der Waals surface area contributed by atoms with Gasteiger partial charge in [-0.15, -0.1) is 0 Å². The molecule has 0 radical (unpaired) electrons. The molecule has 0 bridgehead atoms. The number of carbonyl (C=O) groups excluding carboxylic acids is 2. The lowest BCUT2D eigenvalue weighted by Gasteiger charge is -2.25. The molecule has 2 unspecified atom stereocenters. The predicted molar refractivity (Wildman–Crippen MR) is 81.4 cm³/mol. The number of aryl methyl sites for hydroxylation is 1. The number of rotatable bonds is 4. The highest BCUT2D eigenvalue weighted by molar-refractivity contribution is 5.96. The molecule has 2 rings (SSSR count). The summed E-state index contributed by atoms with van der Waals surface area (Å²) in [6.45, 7) is 1.75. The van der Waals surface area contributed by atoms with Crippen LogP contribution in [0, 0.1) is 18.8 Å². The van der Waals surface area contributed by atoms with Crippen molar-refractivity contribution >= 4 is 23.5 Å². The Labute approximate surface area is 128 Å². The number of amides is 2. The highest BCUT2D eigenvalue weighted by Gasteiger charge is 2.31. The molecule has 6 nitrogen and oxygen atoms in total. The summed E-state index contributed by atoms with van der Waals surface area (Å²) >= 11 is 0. The molecule has 0 aromatic heterocycles. The van der Waals surface area contributed by atoms with E-state index in [0.29, 0.717) is 36.1 Å². The van der Waals surface area contributed by atoms with Gasteiger partial charge in [0.05, 0.1) is 5.92 Å². The molecule has 0 spiro atoms. The number of primary amides is 1. The SMILES string of the molecule is Cc1cc(NC(=O)C2CCCC(C(=O)O)C2)ccc1C(N)=O. The molecule has 2 amide bonds. The van der Waals surface area contributed by atoms with E-state index in [1.54, 1.807) is 25.1 Å². The van der Waals surface area contributed by atoms with Gasteiger partial charge in [0.15, 0.2) is 0 Å². The van der Waals surface area contributed by atoms with Gasteiger partial charge >= 0.3 is 5.97 Å². The molecule has 2 atom stereocenters. The summed E-state index contributed by atoms with van der Waals surface area (Å²) in [6, 6.07) is 4.90. The number of anilines is 1. The Morgan fingerprint density at radius 2 is 1.91 bits per heavy atom. The van der Waals surface area contributed by atoms with Gasteiger partial charge in [0.2, 0.25) is 11.8 Å². The van der Waals surface area contributed by atoms with Gasteiger partial charge < -0.3 is 16.2 Å². The normalized spacial score (nSPS) is 21.1. The molecular formula is C16H20N2O4. The lowest BCUT2D eigenvalue weighted by atomic mass is 9.81. The van der Waals surface area contributed by atoms with Crippen LogP contribution in [0.3, 0.4) is 0 Å². The zero-order valence-electron chi connectivity index (χ0n) is 12.5. The van der Waals surface area contributed by atoms with Gasteiger partial charge in [-0.1, -0.05) is 6.42 Å². The first-order valence-corrected chi connectivity index (χ1v) is 7.32. The van der Waals surface area contributed by atoms with Crippen molar-refractivity contribution in [3.63, 3.8) is 0 Å². The Morgan fingerprint density at radius 3 is 2.50 bits per heavy atom. The number of carboxylic acids is 1. The fourth-order valence-electron chi connectivity index (χ4n) is 2.91. The number of carboxylic acid groups (broad SMARTS) is 1. The van der Waals surface area contributed by atoms with E-state index in [9.17, 15) is 14.4 Å². The van der Waals surface area contributed by atoms with E-state index in [0.717, 1.165) is 6.42 Å². The third-order valence-electron chi connectivity index (χ3n) is 4.15. The standard InChI is InChI=1S/C16H20N2O4/c1-9-7-12(5-6-13(9)14(17)19)18-15(20)10-3-2-4-11(8-10)16(21)22/h5-7,10-11H,2-4,8H2,1H3,(H2,17,19)(H,18,20)(H,21,22). The van der Waals surface area contributed by atoms with Crippen LogP contribution in [0.2, 0.25) is 0 Å². The minimum atomic E-state index is -0.834. The summed E-state index contributed by atoms with van der Waals surface area (Å²) in [4.78, 5) is 34.5. The van der Waals surface area contributed by atoms with Crippen LogP contribution in [0.1, 0.15) is 41.6 Å². The second-order valence-corrected chi connectivity index (χ2v) is 5.78. The summed E-state index contributed by atoms with van der Waals surface area (Å²) < 4.78 is 0. The minimum Gasteiger partial charge on any atom is -0.481 e. The Bertz CT molecular complexity index is 612. The van der Waals surface area contributed by atoms with Crippen molar-refractivity contribution in [3.05, 3.63) is 29.3 Å². The van der Waals surface area contributed by atoms with Gasteiger partial charge in [-0.25, -0.2) is 0 Å². The average molecular weight is 304 g/mol. The van der Waals surface area contributed by atoms with Crippen LogP contribution in [0.4, 0.5) is 5.69 Å². The third kappa shape index (κ3) is 3.63. The Balaban J connectivity index is 2.04. The van der Waals surface area contributed by atoms with Gasteiger partial charge in [0.1, 0.15) is 0 Å². The highest BCUT2D eigenvalue weighted by atomic mass is 16.4. The summed E-state index contributed by atoms with van der Waals surface area (Å²) in [5.41, 5.74) is 6.94. The summed E-state index contributed by atoms with van der Waals surface area (Å²) in [5.74, 6) is -2.24. The summed E-state index contributed by atoms with van der Waals surface area (Å²) in [5, 5.41) is 11.9. The van der Waals surface area contributed by atoms with Crippen LogP contribution in [0.15, 0.2) is 18.2 Å². The monoisotopic (exact) mass is 304 g/mol. The van der Waals surface area contributed by atoms with E-state index in [2.05, 4.69) is 5.32 Å². The third-order valence-corrected chi connectivity index (χ3v) is 4.15. The number of aliphatic carboxylic acids is 1. The van der Waals surface area contributed by atoms with Crippen molar-refractivity contribution in [2.45, 2.75) is 32.6 Å². The van der Waals surface area contributed by atoms with Crippen molar-refractivity contribution in [3.8, 4) is 0 Å². The highest BCUT2D eigenvalue weighted by Crippen LogP contribution is 2.30. The lowest BCUT2D eigenvalue weighted by molar-refractivity contribution is -0.143. The molecule has 1 aromatic carbocycles. The van der Waals surface area contributed by atoms with Gasteiger partial charge in [0, 0.05) is 17.2 Å². The van der Waals surface area contributed by atoms with E-state index in [4.69, 9.17) is 10.8 Å². The second-order valence-electron chi connectivity index (χ2n) is 5.78. The molecule has 118 valence electrons. The van der Waals surface area contributed by atoms with Gasteiger partial charge in [-0.05, 0) is 49.9 Å². The van der Waals surface area contributed by atoms with Crippen molar-refractivity contribution < 1.29 is 19.5 Å². The Kier molecular flexibility index (Phi) is 4.80. The predicted octanol–water partition coefficient (Wildman–Crippen LogP) is 1.92. The molecule has 22 heavy (non-hydrogen) atoms. The van der Waals surface area contributed by atoms with Crippen LogP contribution in [-0.4, -0.2) is 22.9 Å². The van der Waals surface area contributed by atoms with Gasteiger partial charge in [-0.3, -0.25) is 14.4 Å². The molecule has 1 fully saturated rings. The zero-order chi connectivity index (χ0) is 16.3. The fraction of sp³-hybridized carbons (Fsp3) is 0.438. The molecule has 1 aliphatic rings. The molecule has 1 saturated carbocycles. The van der Waals surface area contributed by atoms with Gasteiger partial charge in [0.25, 0.3) is 0 Å². The first kappa shape index (κ1) is 16.0. The van der Waals surface area contributed by atoms with Crippen LogP contribution in [-0.2, 0) is 9.59 Å². The second kappa shape index (κ2) is 6.60. The molecule has 6 heteroatoms. The van der Waals surface area contributed by atoms with Crippen LogP contribution in [0.5, 0.6) is 0 Å². The van der Waals surface area contributed by atoms with Crippen molar-refractivity contribution in [1.82, 2.24) is 0 Å². The number of carbonyl (C=O) groups is 3. The van der Waals surface area contributed by atoms with E-state index < -0.39 is 17.8 Å². The van der Waals surface area contributed by atoms with Crippen LogP contribution >= 0.6 is 0 Å². The van der Waals surface area contributed by atoms with Crippen LogP contribution in [0.25, 0.3) is 0 Å². The maximum atomic E-state index is 12.3. The van der Waals surface area contributed by atoms with Crippen molar-refractivity contribution in [2.24, 2.45) is 17.6 Å². The molecule has 1 aliphatic carbocycles. The number of benzene rings is 1. The molecule has 1 aromatic rings. The Morgan fingerprint density at radius 1 is 1.23 bits per heavy atom. The van der Waals surface area contributed by atoms with Gasteiger partial charge in [-0.2, -0.15) is 0 Å². The maximum absolute atomic E-state index is 12.3. The first-order valence-electron chi connectivity index (χ1n) is 7.32. The smallest absolute Gasteiger partial charge is 0.306 e.